The molecule has 5 nitrogen and oxygen atoms in total. The van der Waals surface area contributed by atoms with E-state index in [1.807, 2.05) is 0 Å². The van der Waals surface area contributed by atoms with Crippen molar-refractivity contribution in [3.8, 4) is 11.4 Å². The summed E-state index contributed by atoms with van der Waals surface area (Å²) in [5.74, 6) is 0.894. The second kappa shape index (κ2) is 6.91. The summed E-state index contributed by atoms with van der Waals surface area (Å²) in [6.45, 7) is 3.53. The molecule has 1 atom stereocenters. The summed E-state index contributed by atoms with van der Waals surface area (Å²) >= 11 is 0. The van der Waals surface area contributed by atoms with E-state index in [1.165, 1.54) is 0 Å². The molecule has 0 unspecified atom stereocenters. The van der Waals surface area contributed by atoms with Gasteiger partial charge in [-0.1, -0.05) is 0 Å². The minimum Gasteiger partial charge on any atom is -0.384 e. The number of aliphatic hydroxyl groups is 1. The van der Waals surface area contributed by atoms with E-state index in [9.17, 15) is 13.2 Å². The van der Waals surface area contributed by atoms with Crippen LogP contribution in [-0.4, -0.2) is 38.9 Å². The quantitative estimate of drug-likeness (QED) is 0.884. The van der Waals surface area contributed by atoms with Crippen LogP contribution in [0.4, 0.5) is 19.0 Å². The van der Waals surface area contributed by atoms with Gasteiger partial charge in [-0.3, -0.25) is 4.98 Å². The predicted molar refractivity (Wildman–Crippen MR) is 79.9 cm³/mol. The monoisotopic (exact) mass is 326 g/mol. The van der Waals surface area contributed by atoms with E-state index in [4.69, 9.17) is 5.11 Å². The molecule has 0 saturated heterocycles. The first-order valence-corrected chi connectivity index (χ1v) is 7.03. The Morgan fingerprint density at radius 2 is 2.00 bits per heavy atom. The largest absolute Gasteiger partial charge is 0.414 e. The Labute approximate surface area is 131 Å². The van der Waals surface area contributed by atoms with Gasteiger partial charge in [0.2, 0.25) is 0 Å². The highest BCUT2D eigenvalue weighted by Gasteiger charge is 2.37. The lowest BCUT2D eigenvalue weighted by molar-refractivity contribution is -0.204. The fraction of sp³-hybridized carbons (Fsp3) is 0.400. The highest BCUT2D eigenvalue weighted by molar-refractivity contribution is 5.58. The predicted octanol–water partition coefficient (Wildman–Crippen LogP) is 2.88. The van der Waals surface area contributed by atoms with Crippen molar-refractivity contribution in [2.75, 3.05) is 11.9 Å². The van der Waals surface area contributed by atoms with Gasteiger partial charge >= 0.3 is 6.18 Å². The first-order valence-electron chi connectivity index (χ1n) is 7.03. The molecule has 2 rings (SSSR count). The zero-order valence-electron chi connectivity index (χ0n) is 12.7. The molecule has 0 aromatic carbocycles. The van der Waals surface area contributed by atoms with Crippen molar-refractivity contribution in [3.63, 3.8) is 0 Å². The second-order valence-corrected chi connectivity index (χ2v) is 5.12. The molecule has 8 heteroatoms. The van der Waals surface area contributed by atoms with Crippen LogP contribution >= 0.6 is 0 Å². The molecule has 0 amide bonds. The zero-order valence-corrected chi connectivity index (χ0v) is 12.7. The Hall–Kier alpha value is -2.22. The number of hydrogen-bond acceptors (Lipinski definition) is 5. The van der Waals surface area contributed by atoms with Crippen LogP contribution in [0.25, 0.3) is 11.4 Å². The maximum Gasteiger partial charge on any atom is 0.414 e. The number of aryl methyl sites for hydroxylation is 1. The first kappa shape index (κ1) is 17.1. The van der Waals surface area contributed by atoms with Crippen molar-refractivity contribution in [3.05, 3.63) is 35.8 Å². The lowest BCUT2D eigenvalue weighted by Gasteiger charge is -2.16. The number of pyridine rings is 1. The maximum atomic E-state index is 12.3. The topological polar surface area (TPSA) is 70.9 Å². The summed E-state index contributed by atoms with van der Waals surface area (Å²) in [7, 11) is 0. The Kier molecular flexibility index (Phi) is 5.15. The average molecular weight is 326 g/mol. The number of anilines is 1. The van der Waals surface area contributed by atoms with Crippen LogP contribution in [0.3, 0.4) is 0 Å². The van der Waals surface area contributed by atoms with Gasteiger partial charge in [0.1, 0.15) is 5.82 Å². The van der Waals surface area contributed by atoms with Crippen LogP contribution in [-0.2, 0) is 0 Å². The van der Waals surface area contributed by atoms with E-state index < -0.39 is 18.7 Å². The molecular formula is C15H17F3N4O. The summed E-state index contributed by atoms with van der Waals surface area (Å²) < 4.78 is 36.9. The highest BCUT2D eigenvalue weighted by Crippen LogP contribution is 2.23. The van der Waals surface area contributed by atoms with Crippen LogP contribution in [0.1, 0.15) is 17.7 Å². The van der Waals surface area contributed by atoms with Crippen molar-refractivity contribution < 1.29 is 18.3 Å². The number of aromatic nitrogens is 3. The Morgan fingerprint density at radius 3 is 2.61 bits per heavy atom. The van der Waals surface area contributed by atoms with E-state index in [0.717, 1.165) is 11.3 Å². The fourth-order valence-corrected chi connectivity index (χ4v) is 1.92. The number of aliphatic hydroxyl groups excluding tert-OH is 1. The SMILES string of the molecule is Cc1nc(-c2cccnc2)nc(NCC[C@@H](O)C(F)(F)F)c1C. The standard InChI is InChI=1S/C15H17F3N4O/c1-9-10(2)21-14(11-4-3-6-19-8-11)22-13(9)20-7-5-12(23)15(16,17)18/h3-4,6,8,12,23H,5,7H2,1-2H3,(H,20,21,22)/t12-/m1/s1. The van der Waals surface area contributed by atoms with Crippen LogP contribution in [0, 0.1) is 13.8 Å². The molecule has 0 aliphatic carbocycles. The normalized spacial score (nSPS) is 13.0. The average Bonchev–Trinajstić information content (AvgIpc) is 2.51. The molecule has 23 heavy (non-hydrogen) atoms. The van der Waals surface area contributed by atoms with E-state index in [0.29, 0.717) is 17.2 Å². The molecular weight excluding hydrogens is 309 g/mol. The number of nitrogens with zero attached hydrogens (tertiary/aromatic N) is 3. The summed E-state index contributed by atoms with van der Waals surface area (Å²) in [5.41, 5.74) is 2.19. The Bertz CT molecular complexity index is 662. The van der Waals surface area contributed by atoms with Crippen molar-refractivity contribution >= 4 is 5.82 Å². The highest BCUT2D eigenvalue weighted by atomic mass is 19.4. The van der Waals surface area contributed by atoms with Crippen LogP contribution < -0.4 is 5.32 Å². The number of alkyl halides is 3. The van der Waals surface area contributed by atoms with Gasteiger partial charge in [0.05, 0.1) is 0 Å². The van der Waals surface area contributed by atoms with Gasteiger partial charge in [0.15, 0.2) is 11.9 Å². The van der Waals surface area contributed by atoms with Gasteiger partial charge < -0.3 is 10.4 Å². The second-order valence-electron chi connectivity index (χ2n) is 5.12. The lowest BCUT2D eigenvalue weighted by atomic mass is 10.2. The van der Waals surface area contributed by atoms with Gasteiger partial charge in [0, 0.05) is 35.8 Å². The Balaban J connectivity index is 2.14. The number of hydrogen-bond donors (Lipinski definition) is 2. The Morgan fingerprint density at radius 1 is 1.26 bits per heavy atom. The molecule has 0 spiro atoms. The van der Waals surface area contributed by atoms with Crippen molar-refractivity contribution in [1.29, 1.82) is 0 Å². The third-order valence-electron chi connectivity index (χ3n) is 3.40. The molecule has 0 aliphatic heterocycles. The molecule has 2 aromatic rings. The van der Waals surface area contributed by atoms with Gasteiger partial charge in [-0.15, -0.1) is 0 Å². The fourth-order valence-electron chi connectivity index (χ4n) is 1.92. The minimum absolute atomic E-state index is 0.0511. The summed E-state index contributed by atoms with van der Waals surface area (Å²) in [5, 5.41) is 11.8. The van der Waals surface area contributed by atoms with Gasteiger partial charge in [-0.2, -0.15) is 13.2 Å². The molecule has 2 N–H and O–H groups in total. The lowest BCUT2D eigenvalue weighted by Crippen LogP contribution is -2.30. The van der Waals surface area contributed by atoms with Gasteiger partial charge in [-0.05, 0) is 32.4 Å². The summed E-state index contributed by atoms with van der Waals surface area (Å²) in [4.78, 5) is 12.7. The maximum absolute atomic E-state index is 12.3. The summed E-state index contributed by atoms with van der Waals surface area (Å²) in [6.07, 6.45) is -4.17. The molecule has 2 aromatic heterocycles. The van der Waals surface area contributed by atoms with Crippen molar-refractivity contribution in [2.45, 2.75) is 32.5 Å². The molecule has 0 aliphatic rings. The first-order chi connectivity index (χ1) is 10.8. The van der Waals surface area contributed by atoms with Crippen LogP contribution in [0.15, 0.2) is 24.5 Å². The van der Waals surface area contributed by atoms with Crippen molar-refractivity contribution in [2.24, 2.45) is 0 Å². The summed E-state index contributed by atoms with van der Waals surface area (Å²) in [6, 6.07) is 3.55. The van der Waals surface area contributed by atoms with E-state index in [2.05, 4.69) is 20.3 Å². The molecule has 0 bridgehead atoms. The van der Waals surface area contributed by atoms with Crippen molar-refractivity contribution in [1.82, 2.24) is 15.0 Å². The van der Waals surface area contributed by atoms with E-state index in [1.54, 1.807) is 38.4 Å². The number of rotatable bonds is 5. The molecule has 124 valence electrons. The minimum atomic E-state index is -4.61. The van der Waals surface area contributed by atoms with Gasteiger partial charge in [0.25, 0.3) is 0 Å². The molecule has 0 fully saturated rings. The van der Waals surface area contributed by atoms with E-state index in [-0.39, 0.29) is 6.54 Å². The molecule has 0 radical (unpaired) electrons. The zero-order chi connectivity index (χ0) is 17.0. The third kappa shape index (κ3) is 4.38. The number of nitrogens with one attached hydrogen (secondary N) is 1. The van der Waals surface area contributed by atoms with Crippen LogP contribution in [0.2, 0.25) is 0 Å². The number of halogens is 3. The van der Waals surface area contributed by atoms with Gasteiger partial charge in [-0.25, -0.2) is 9.97 Å². The third-order valence-corrected chi connectivity index (χ3v) is 3.40. The van der Waals surface area contributed by atoms with Crippen LogP contribution in [0.5, 0.6) is 0 Å². The molecule has 2 heterocycles. The smallest absolute Gasteiger partial charge is 0.384 e. The van der Waals surface area contributed by atoms with E-state index >= 15 is 0 Å². The molecule has 0 saturated carbocycles.